The molecule has 5 nitrogen and oxygen atoms in total. The zero-order valence-corrected chi connectivity index (χ0v) is 15.9. The fourth-order valence-corrected chi connectivity index (χ4v) is 4.03. The van der Waals surface area contributed by atoms with Gasteiger partial charge in [0.25, 0.3) is 5.91 Å². The minimum atomic E-state index is -0.562. The molecule has 2 aromatic rings. The van der Waals surface area contributed by atoms with Crippen molar-refractivity contribution in [1.82, 2.24) is 10.6 Å². The van der Waals surface area contributed by atoms with Crippen LogP contribution in [-0.4, -0.2) is 37.7 Å². The van der Waals surface area contributed by atoms with Crippen LogP contribution in [0.2, 0.25) is 0 Å². The predicted octanol–water partition coefficient (Wildman–Crippen LogP) is 2.38. The fourth-order valence-electron chi connectivity index (χ4n) is 4.03. The highest BCUT2D eigenvalue weighted by Gasteiger charge is 2.24. The van der Waals surface area contributed by atoms with Gasteiger partial charge in [0, 0.05) is 19.6 Å². The normalized spacial score (nSPS) is 19.5. The van der Waals surface area contributed by atoms with Gasteiger partial charge in [0.15, 0.2) is 0 Å². The lowest BCUT2D eigenvalue weighted by atomic mass is 9.84. The van der Waals surface area contributed by atoms with Crippen LogP contribution >= 0.6 is 0 Å². The summed E-state index contributed by atoms with van der Waals surface area (Å²) in [6, 6.07) is 16.6. The molecule has 2 N–H and O–H groups in total. The van der Waals surface area contributed by atoms with E-state index in [-0.39, 0.29) is 5.91 Å². The molecule has 144 valence electrons. The molecule has 1 heterocycles. The van der Waals surface area contributed by atoms with E-state index in [0.29, 0.717) is 19.6 Å². The van der Waals surface area contributed by atoms with E-state index >= 15 is 0 Å². The van der Waals surface area contributed by atoms with Crippen molar-refractivity contribution in [1.29, 1.82) is 5.26 Å². The number of ether oxygens (including phenoxy) is 1. The summed E-state index contributed by atoms with van der Waals surface area (Å²) in [6.07, 6.45) is 2.90. The first-order valence-electron chi connectivity index (χ1n) is 9.97. The van der Waals surface area contributed by atoms with Gasteiger partial charge in [-0.25, -0.2) is 0 Å². The number of nitrogens with one attached hydrogen (secondary N) is 2. The third-order valence-electron chi connectivity index (χ3n) is 5.49. The van der Waals surface area contributed by atoms with Crippen LogP contribution in [0, 0.1) is 11.3 Å². The molecule has 1 amide bonds. The van der Waals surface area contributed by atoms with Gasteiger partial charge >= 0.3 is 0 Å². The lowest BCUT2D eigenvalue weighted by molar-refractivity contribution is -0.132. The Morgan fingerprint density at radius 1 is 1.21 bits per heavy atom. The monoisotopic (exact) mass is 375 g/mol. The standard InChI is InChI=1S/C23H25N3O2/c24-14-19(26-23(27)22-15-25-10-3-11-28-22)13-16-6-9-21-18(12-16)8-7-17-4-1-2-5-20(17)21/h1-2,4-6,9,12,19,22,25H,3,7-8,10-11,13,15H2,(H,26,27)/t19?,22-/m0/s1. The van der Waals surface area contributed by atoms with Crippen molar-refractivity contribution in [3.63, 3.8) is 0 Å². The van der Waals surface area contributed by atoms with Crippen LogP contribution < -0.4 is 10.6 Å². The second-order valence-electron chi connectivity index (χ2n) is 7.46. The van der Waals surface area contributed by atoms with Gasteiger partial charge in [-0.05, 0) is 53.6 Å². The van der Waals surface area contributed by atoms with Gasteiger partial charge in [-0.15, -0.1) is 0 Å². The number of hydrogen-bond donors (Lipinski definition) is 2. The molecule has 0 aromatic heterocycles. The molecule has 1 saturated heterocycles. The van der Waals surface area contributed by atoms with E-state index in [2.05, 4.69) is 59.2 Å². The number of benzene rings is 2. The fraction of sp³-hybridized carbons (Fsp3) is 0.391. The van der Waals surface area contributed by atoms with Crippen LogP contribution in [0.5, 0.6) is 0 Å². The number of rotatable bonds is 4. The smallest absolute Gasteiger partial charge is 0.251 e. The van der Waals surface area contributed by atoms with Crippen molar-refractivity contribution in [2.45, 2.75) is 37.8 Å². The van der Waals surface area contributed by atoms with E-state index in [1.54, 1.807) is 0 Å². The maximum Gasteiger partial charge on any atom is 0.251 e. The Morgan fingerprint density at radius 2 is 2.04 bits per heavy atom. The molecule has 2 atom stereocenters. The van der Waals surface area contributed by atoms with Crippen LogP contribution in [0.1, 0.15) is 23.1 Å². The van der Waals surface area contributed by atoms with Crippen molar-refractivity contribution < 1.29 is 9.53 Å². The number of carbonyl (C=O) groups excluding carboxylic acids is 1. The molecule has 0 radical (unpaired) electrons. The molecular weight excluding hydrogens is 350 g/mol. The van der Waals surface area contributed by atoms with Crippen molar-refractivity contribution in [3.8, 4) is 17.2 Å². The molecule has 0 saturated carbocycles. The molecule has 1 unspecified atom stereocenters. The van der Waals surface area contributed by atoms with E-state index < -0.39 is 12.1 Å². The molecular formula is C23H25N3O2. The quantitative estimate of drug-likeness (QED) is 0.861. The highest BCUT2D eigenvalue weighted by atomic mass is 16.5. The predicted molar refractivity (Wildman–Crippen MR) is 108 cm³/mol. The number of amides is 1. The summed E-state index contributed by atoms with van der Waals surface area (Å²) in [6.45, 7) is 1.90. The van der Waals surface area contributed by atoms with Gasteiger partial charge in [-0.2, -0.15) is 5.26 Å². The Morgan fingerprint density at radius 3 is 2.93 bits per heavy atom. The summed E-state index contributed by atoms with van der Waals surface area (Å²) < 4.78 is 5.58. The second kappa shape index (κ2) is 8.55. The molecule has 4 rings (SSSR count). The molecule has 0 spiro atoms. The number of hydrogen-bond acceptors (Lipinski definition) is 4. The zero-order valence-electron chi connectivity index (χ0n) is 15.9. The molecule has 1 fully saturated rings. The van der Waals surface area contributed by atoms with Crippen molar-refractivity contribution in [3.05, 3.63) is 59.2 Å². The van der Waals surface area contributed by atoms with Crippen LogP contribution in [-0.2, 0) is 28.8 Å². The SMILES string of the molecule is N#CC(Cc1ccc2c(c1)CCc1ccccc1-2)NC(=O)[C@@H]1CNCCCO1. The molecule has 2 aromatic carbocycles. The Bertz CT molecular complexity index is 895. The number of nitrogens with zero attached hydrogens (tertiary/aromatic N) is 1. The number of nitriles is 1. The third kappa shape index (κ3) is 4.09. The summed E-state index contributed by atoms with van der Waals surface area (Å²) in [5, 5.41) is 15.6. The molecule has 28 heavy (non-hydrogen) atoms. The van der Waals surface area contributed by atoms with Gasteiger partial charge in [0.1, 0.15) is 12.1 Å². The first-order chi connectivity index (χ1) is 13.7. The maximum absolute atomic E-state index is 12.5. The van der Waals surface area contributed by atoms with Crippen LogP contribution in [0.3, 0.4) is 0 Å². The van der Waals surface area contributed by atoms with E-state index in [1.165, 1.54) is 22.3 Å². The molecule has 0 bridgehead atoms. The van der Waals surface area contributed by atoms with E-state index in [1.807, 2.05) is 0 Å². The molecule has 5 heteroatoms. The lowest BCUT2D eigenvalue weighted by Gasteiger charge is -2.21. The van der Waals surface area contributed by atoms with Crippen molar-refractivity contribution in [2.24, 2.45) is 0 Å². The van der Waals surface area contributed by atoms with Gasteiger partial charge in [0.05, 0.1) is 6.07 Å². The van der Waals surface area contributed by atoms with E-state index in [0.717, 1.165) is 31.4 Å². The number of aryl methyl sites for hydroxylation is 2. The lowest BCUT2D eigenvalue weighted by Crippen LogP contribution is -2.46. The molecule has 1 aliphatic heterocycles. The zero-order chi connectivity index (χ0) is 19.3. The van der Waals surface area contributed by atoms with Gasteiger partial charge in [-0.1, -0.05) is 42.5 Å². The second-order valence-corrected chi connectivity index (χ2v) is 7.46. The van der Waals surface area contributed by atoms with Crippen LogP contribution in [0.25, 0.3) is 11.1 Å². The Hall–Kier alpha value is -2.68. The Balaban J connectivity index is 1.45. The number of fused-ring (bicyclic) bond motifs is 3. The summed E-state index contributed by atoms with van der Waals surface area (Å²) >= 11 is 0. The van der Waals surface area contributed by atoms with Gasteiger partial charge in [0.2, 0.25) is 0 Å². The summed E-state index contributed by atoms with van der Waals surface area (Å²) in [4.78, 5) is 12.5. The minimum Gasteiger partial charge on any atom is -0.367 e. The number of carbonyl (C=O) groups is 1. The summed E-state index contributed by atoms with van der Waals surface area (Å²) in [7, 11) is 0. The topological polar surface area (TPSA) is 74.2 Å². The Kier molecular flexibility index (Phi) is 5.70. The average molecular weight is 375 g/mol. The van der Waals surface area contributed by atoms with E-state index in [4.69, 9.17) is 4.74 Å². The van der Waals surface area contributed by atoms with E-state index in [9.17, 15) is 10.1 Å². The molecule has 1 aliphatic carbocycles. The highest BCUT2D eigenvalue weighted by molar-refractivity contribution is 5.81. The first-order valence-corrected chi connectivity index (χ1v) is 9.97. The third-order valence-corrected chi connectivity index (χ3v) is 5.49. The van der Waals surface area contributed by atoms with Gasteiger partial charge < -0.3 is 15.4 Å². The van der Waals surface area contributed by atoms with Gasteiger partial charge in [-0.3, -0.25) is 4.79 Å². The van der Waals surface area contributed by atoms with Crippen LogP contribution in [0.4, 0.5) is 0 Å². The summed E-state index contributed by atoms with van der Waals surface area (Å²) in [5.74, 6) is -0.215. The average Bonchev–Trinajstić information content (AvgIpc) is 3.02. The highest BCUT2D eigenvalue weighted by Crippen LogP contribution is 2.33. The Labute approximate surface area is 165 Å². The minimum absolute atomic E-state index is 0.215. The van der Waals surface area contributed by atoms with Crippen molar-refractivity contribution >= 4 is 5.91 Å². The largest absolute Gasteiger partial charge is 0.367 e. The van der Waals surface area contributed by atoms with Crippen LogP contribution in [0.15, 0.2) is 42.5 Å². The maximum atomic E-state index is 12.5. The van der Waals surface area contributed by atoms with Crippen molar-refractivity contribution in [2.75, 3.05) is 19.7 Å². The first kappa shape index (κ1) is 18.7. The summed E-state index contributed by atoms with van der Waals surface area (Å²) in [5.41, 5.74) is 6.36. The molecule has 2 aliphatic rings.